The lowest BCUT2D eigenvalue weighted by Gasteiger charge is -2.33. The van der Waals surface area contributed by atoms with Gasteiger partial charge in [-0.25, -0.2) is 14.3 Å². The minimum absolute atomic E-state index is 0.217. The summed E-state index contributed by atoms with van der Waals surface area (Å²) in [5, 5.41) is 12.6. The molecule has 10 heteroatoms. The van der Waals surface area contributed by atoms with Gasteiger partial charge in [-0.2, -0.15) is 5.10 Å². The Kier molecular flexibility index (Phi) is 5.73. The number of nitrogens with zero attached hydrogens (tertiary/aromatic N) is 6. The molecule has 0 aliphatic carbocycles. The number of piperidine rings is 1. The molecule has 1 amide bonds. The van der Waals surface area contributed by atoms with Gasteiger partial charge in [-0.1, -0.05) is 12.1 Å². The van der Waals surface area contributed by atoms with Crippen LogP contribution in [0.25, 0.3) is 16.8 Å². The van der Waals surface area contributed by atoms with Gasteiger partial charge < -0.3 is 19.7 Å². The zero-order valence-corrected chi connectivity index (χ0v) is 21.3. The summed E-state index contributed by atoms with van der Waals surface area (Å²) >= 11 is 0. The summed E-state index contributed by atoms with van der Waals surface area (Å²) in [6, 6.07) is 10.5. The molecule has 2 aliphatic rings. The van der Waals surface area contributed by atoms with Crippen molar-refractivity contribution in [1.29, 1.82) is 0 Å². The van der Waals surface area contributed by atoms with E-state index in [9.17, 15) is 4.79 Å². The Morgan fingerprint density at radius 2 is 1.97 bits per heavy atom. The fourth-order valence-corrected chi connectivity index (χ4v) is 4.95. The number of rotatable bonds is 4. The topological polar surface area (TPSA) is 98.8 Å². The van der Waals surface area contributed by atoms with Crippen molar-refractivity contribution in [2.24, 2.45) is 0 Å². The number of fused-ring (bicyclic) bond motifs is 2. The van der Waals surface area contributed by atoms with Crippen LogP contribution in [0, 0.1) is 0 Å². The van der Waals surface area contributed by atoms with Gasteiger partial charge in [0.1, 0.15) is 11.4 Å². The lowest BCUT2D eigenvalue weighted by atomic mass is 10.1. The molecule has 10 nitrogen and oxygen atoms in total. The quantitative estimate of drug-likeness (QED) is 0.427. The smallest absolute Gasteiger partial charge is 0.410 e. The molecule has 0 atom stereocenters. The first-order valence-corrected chi connectivity index (χ1v) is 12.7. The van der Waals surface area contributed by atoms with Crippen molar-refractivity contribution in [3.8, 4) is 17.0 Å². The molecule has 5 heterocycles. The van der Waals surface area contributed by atoms with Crippen LogP contribution in [0.1, 0.15) is 45.2 Å². The molecule has 3 aromatic heterocycles. The lowest BCUT2D eigenvalue weighted by molar-refractivity contribution is 0.0185. The van der Waals surface area contributed by atoms with E-state index in [0.717, 1.165) is 47.5 Å². The summed E-state index contributed by atoms with van der Waals surface area (Å²) in [5.41, 5.74) is 4.45. The van der Waals surface area contributed by atoms with E-state index in [4.69, 9.17) is 14.6 Å². The van der Waals surface area contributed by atoms with Crippen molar-refractivity contribution in [2.45, 2.75) is 51.7 Å². The summed E-state index contributed by atoms with van der Waals surface area (Å²) in [6.45, 7) is 7.65. The summed E-state index contributed by atoms with van der Waals surface area (Å²) in [5.74, 6) is 1.42. The van der Waals surface area contributed by atoms with Gasteiger partial charge in [0, 0.05) is 31.3 Å². The van der Waals surface area contributed by atoms with Crippen molar-refractivity contribution in [3.63, 3.8) is 0 Å². The molecule has 0 radical (unpaired) electrons. The van der Waals surface area contributed by atoms with E-state index in [0.29, 0.717) is 25.6 Å². The number of hydrogen-bond donors (Lipinski definition) is 1. The number of para-hydroxylation sites is 1. The third-order valence-corrected chi connectivity index (χ3v) is 6.74. The molecule has 6 rings (SSSR count). The third kappa shape index (κ3) is 4.71. The Morgan fingerprint density at radius 3 is 2.78 bits per heavy atom. The molecule has 1 fully saturated rings. The summed E-state index contributed by atoms with van der Waals surface area (Å²) < 4.78 is 15.3. The molecular weight excluding hydrogens is 470 g/mol. The van der Waals surface area contributed by atoms with Gasteiger partial charge in [-0.05, 0) is 57.4 Å². The molecule has 192 valence electrons. The number of anilines is 2. The molecular formula is C27H31N7O3. The Hall–Kier alpha value is -4.08. The second-order valence-electron chi connectivity index (χ2n) is 10.6. The largest absolute Gasteiger partial charge is 0.492 e. The molecule has 1 aromatic carbocycles. The maximum Gasteiger partial charge on any atom is 0.410 e. The van der Waals surface area contributed by atoms with Crippen LogP contribution in [0.15, 0.2) is 48.9 Å². The minimum atomic E-state index is -0.488. The van der Waals surface area contributed by atoms with E-state index in [1.54, 1.807) is 17.3 Å². The number of amides is 1. The Balaban J connectivity index is 1.15. The van der Waals surface area contributed by atoms with Gasteiger partial charge >= 0.3 is 6.09 Å². The molecule has 37 heavy (non-hydrogen) atoms. The van der Waals surface area contributed by atoms with Crippen LogP contribution in [0.5, 0.6) is 5.75 Å². The Bertz CT molecular complexity index is 1440. The summed E-state index contributed by atoms with van der Waals surface area (Å²) in [4.78, 5) is 18.6. The van der Waals surface area contributed by atoms with Crippen LogP contribution < -0.4 is 10.1 Å². The molecule has 0 unspecified atom stereocenters. The summed E-state index contributed by atoms with van der Waals surface area (Å²) in [6.07, 6.45) is 7.87. The van der Waals surface area contributed by atoms with Crippen LogP contribution >= 0.6 is 0 Å². The van der Waals surface area contributed by atoms with Crippen molar-refractivity contribution in [1.82, 2.24) is 29.3 Å². The van der Waals surface area contributed by atoms with Crippen LogP contribution in [0.3, 0.4) is 0 Å². The second kappa shape index (κ2) is 9.10. The van der Waals surface area contributed by atoms with Crippen LogP contribution in [0.2, 0.25) is 0 Å². The monoisotopic (exact) mass is 501 g/mol. The van der Waals surface area contributed by atoms with Gasteiger partial charge in [-0.15, -0.1) is 5.10 Å². The first kappa shape index (κ1) is 23.3. The number of likely N-dealkylation sites (tertiary alicyclic amines) is 1. The zero-order chi connectivity index (χ0) is 25.6. The molecule has 4 aromatic rings. The molecule has 0 bridgehead atoms. The van der Waals surface area contributed by atoms with Gasteiger partial charge in [0.15, 0.2) is 0 Å². The van der Waals surface area contributed by atoms with Gasteiger partial charge in [0.05, 0.1) is 41.9 Å². The van der Waals surface area contributed by atoms with Gasteiger partial charge in [0.25, 0.3) is 0 Å². The number of aromatic nitrogens is 5. The Labute approximate surface area is 215 Å². The molecule has 1 saturated heterocycles. The number of carbonyl (C=O) groups is 1. The maximum absolute atomic E-state index is 12.4. The van der Waals surface area contributed by atoms with Crippen molar-refractivity contribution in [3.05, 3.63) is 54.5 Å². The first-order valence-electron chi connectivity index (χ1n) is 12.7. The lowest BCUT2D eigenvalue weighted by Crippen LogP contribution is -2.42. The number of hydrogen-bond acceptors (Lipinski definition) is 7. The molecule has 2 aliphatic heterocycles. The van der Waals surface area contributed by atoms with Gasteiger partial charge in [0.2, 0.25) is 5.95 Å². The fourth-order valence-electron chi connectivity index (χ4n) is 4.95. The second-order valence-corrected chi connectivity index (χ2v) is 10.6. The normalized spacial score (nSPS) is 16.0. The number of carbonyl (C=O) groups excluding carboxylic acids is 1. The highest BCUT2D eigenvalue weighted by Crippen LogP contribution is 2.37. The number of nitrogens with one attached hydrogen (secondary N) is 1. The SMILES string of the molecule is CC(C)(C)OC(=O)N1CCC(n2cc(Nc3ncc4ccc(-c5cccc6c5OCC6)n4n3)cn2)CC1. The highest BCUT2D eigenvalue weighted by molar-refractivity contribution is 5.74. The minimum Gasteiger partial charge on any atom is -0.492 e. The van der Waals surface area contributed by atoms with Crippen molar-refractivity contribution in [2.75, 3.05) is 25.0 Å². The maximum atomic E-state index is 12.4. The molecule has 0 saturated carbocycles. The predicted octanol–water partition coefficient (Wildman–Crippen LogP) is 4.84. The van der Waals surface area contributed by atoms with Crippen LogP contribution in [0.4, 0.5) is 16.4 Å². The standard InChI is InChI=1S/C27H31N7O3/c1-27(2,3)37-26(35)32-12-9-20(10-13-32)33-17-19(15-29-33)30-25-28-16-21-7-8-23(34(21)31-25)22-6-4-5-18-11-14-36-24(18)22/h4-8,15-17,20H,9-14H2,1-3H3,(H,30,31). The van der Waals surface area contributed by atoms with E-state index in [-0.39, 0.29) is 12.1 Å². The molecule has 0 spiro atoms. The van der Waals surface area contributed by atoms with E-state index >= 15 is 0 Å². The van der Waals surface area contributed by atoms with E-state index in [1.165, 1.54) is 5.56 Å². The van der Waals surface area contributed by atoms with Gasteiger partial charge in [-0.3, -0.25) is 4.68 Å². The summed E-state index contributed by atoms with van der Waals surface area (Å²) in [7, 11) is 0. The number of benzene rings is 1. The highest BCUT2D eigenvalue weighted by Gasteiger charge is 2.28. The van der Waals surface area contributed by atoms with E-state index in [2.05, 4.69) is 33.6 Å². The predicted molar refractivity (Wildman–Crippen MR) is 139 cm³/mol. The first-order chi connectivity index (χ1) is 17.8. The van der Waals surface area contributed by atoms with Crippen molar-refractivity contribution < 1.29 is 14.3 Å². The number of ether oxygens (including phenoxy) is 2. The van der Waals surface area contributed by atoms with Crippen LogP contribution in [-0.2, 0) is 11.2 Å². The average Bonchev–Trinajstić information content (AvgIpc) is 3.62. The Morgan fingerprint density at radius 1 is 1.14 bits per heavy atom. The zero-order valence-electron chi connectivity index (χ0n) is 21.3. The van der Waals surface area contributed by atoms with E-state index in [1.807, 2.05) is 48.3 Å². The molecule has 1 N–H and O–H groups in total. The van der Waals surface area contributed by atoms with E-state index < -0.39 is 5.60 Å². The fraction of sp³-hybridized carbons (Fsp3) is 0.407. The third-order valence-electron chi connectivity index (χ3n) is 6.74. The highest BCUT2D eigenvalue weighted by atomic mass is 16.6. The average molecular weight is 502 g/mol. The van der Waals surface area contributed by atoms with Crippen molar-refractivity contribution >= 4 is 23.2 Å². The van der Waals surface area contributed by atoms with Crippen LogP contribution in [-0.4, -0.2) is 60.7 Å².